The first-order valence-corrected chi connectivity index (χ1v) is 6.65. The molecule has 2 aromatic carbocycles. The van der Waals surface area contributed by atoms with Crippen LogP contribution in [0.1, 0.15) is 5.56 Å². The lowest BCUT2D eigenvalue weighted by atomic mass is 10.1. The Balaban J connectivity index is 2.02. The number of anilines is 2. The molecule has 0 aromatic heterocycles. The summed E-state index contributed by atoms with van der Waals surface area (Å²) in [6, 6.07) is 12.7. The maximum Gasteiger partial charge on any atom is 0.315 e. The van der Waals surface area contributed by atoms with Gasteiger partial charge in [0.25, 0.3) is 0 Å². The molecule has 0 amide bonds. The molecule has 0 unspecified atom stereocenters. The Bertz CT molecular complexity index is 688. The molecule has 2 N–H and O–H groups in total. The summed E-state index contributed by atoms with van der Waals surface area (Å²) in [5, 5.41) is 11.3. The van der Waals surface area contributed by atoms with E-state index in [0.717, 1.165) is 11.3 Å². The number of hydrogen-bond acceptors (Lipinski definition) is 5. The predicted octanol–water partition coefficient (Wildman–Crippen LogP) is 2.58. The molecule has 0 bridgehead atoms. The van der Waals surface area contributed by atoms with Crippen LogP contribution >= 0.6 is 0 Å². The van der Waals surface area contributed by atoms with Crippen molar-refractivity contribution in [2.75, 3.05) is 23.8 Å². The number of benzene rings is 2. The molecule has 1 heterocycles. The van der Waals surface area contributed by atoms with Gasteiger partial charge in [0, 0.05) is 12.1 Å². The highest BCUT2D eigenvalue weighted by Gasteiger charge is 2.24. The topological polar surface area (TPSA) is 81.6 Å². The summed E-state index contributed by atoms with van der Waals surface area (Å²) in [5.41, 5.74) is 7.43. The van der Waals surface area contributed by atoms with Gasteiger partial charge in [0.15, 0.2) is 0 Å². The third kappa shape index (κ3) is 2.47. The van der Waals surface area contributed by atoms with E-state index in [-0.39, 0.29) is 11.4 Å². The summed E-state index contributed by atoms with van der Waals surface area (Å²) in [7, 11) is 0. The van der Waals surface area contributed by atoms with E-state index in [1.165, 1.54) is 0 Å². The molecule has 3 rings (SSSR count). The molecule has 21 heavy (non-hydrogen) atoms. The molecule has 1 aliphatic rings. The normalized spacial score (nSPS) is 14.0. The van der Waals surface area contributed by atoms with Crippen LogP contribution in [0.4, 0.5) is 17.1 Å². The van der Waals surface area contributed by atoms with Crippen molar-refractivity contribution in [3.63, 3.8) is 0 Å². The van der Waals surface area contributed by atoms with E-state index in [1.807, 2.05) is 29.2 Å². The van der Waals surface area contributed by atoms with E-state index in [4.69, 9.17) is 10.5 Å². The smallest absolute Gasteiger partial charge is 0.315 e. The van der Waals surface area contributed by atoms with Crippen molar-refractivity contribution in [3.05, 3.63) is 58.1 Å². The quantitative estimate of drug-likeness (QED) is 0.521. The second-order valence-electron chi connectivity index (χ2n) is 4.85. The van der Waals surface area contributed by atoms with Crippen LogP contribution in [0.5, 0.6) is 5.75 Å². The third-order valence-electron chi connectivity index (χ3n) is 3.52. The maximum atomic E-state index is 11.3. The van der Waals surface area contributed by atoms with Crippen molar-refractivity contribution in [1.82, 2.24) is 0 Å². The summed E-state index contributed by atoms with van der Waals surface area (Å²) in [4.78, 5) is 12.8. The van der Waals surface area contributed by atoms with Gasteiger partial charge < -0.3 is 15.4 Å². The fourth-order valence-corrected chi connectivity index (χ4v) is 2.53. The number of ether oxygens (including phenoxy) is 1. The lowest BCUT2D eigenvalue weighted by Gasteiger charge is -2.22. The van der Waals surface area contributed by atoms with Gasteiger partial charge in [-0.3, -0.25) is 10.1 Å². The molecule has 6 nitrogen and oxygen atoms in total. The number of nitrogen functional groups attached to an aromatic ring is 1. The van der Waals surface area contributed by atoms with Gasteiger partial charge in [-0.1, -0.05) is 24.3 Å². The van der Waals surface area contributed by atoms with Crippen LogP contribution in [0.2, 0.25) is 0 Å². The second kappa shape index (κ2) is 5.32. The first kappa shape index (κ1) is 13.2. The molecule has 0 aliphatic carbocycles. The summed E-state index contributed by atoms with van der Waals surface area (Å²) in [5.74, 6) is 0.826. The molecule has 1 aliphatic heterocycles. The molecule has 0 saturated carbocycles. The maximum absolute atomic E-state index is 11.3. The molecule has 0 spiro atoms. The van der Waals surface area contributed by atoms with E-state index in [0.29, 0.717) is 25.4 Å². The van der Waals surface area contributed by atoms with Gasteiger partial charge in [-0.05, 0) is 18.2 Å². The molecular weight excluding hydrogens is 270 g/mol. The fourth-order valence-electron chi connectivity index (χ4n) is 2.53. The number of para-hydroxylation sites is 2. The highest BCUT2D eigenvalue weighted by molar-refractivity contribution is 5.75. The first-order valence-electron chi connectivity index (χ1n) is 6.65. The lowest BCUT2D eigenvalue weighted by molar-refractivity contribution is -0.383. The SMILES string of the molecule is Nc1cccc(N2CCOc3ccccc3C2)c1[N+](=O)[O-]. The summed E-state index contributed by atoms with van der Waals surface area (Å²) in [6.07, 6.45) is 0. The first-order chi connectivity index (χ1) is 10.2. The number of hydrogen-bond donors (Lipinski definition) is 1. The van der Waals surface area contributed by atoms with Crippen molar-refractivity contribution >= 4 is 17.1 Å². The molecule has 0 saturated heterocycles. The van der Waals surface area contributed by atoms with Crippen LogP contribution in [0, 0.1) is 10.1 Å². The fraction of sp³-hybridized carbons (Fsp3) is 0.200. The van der Waals surface area contributed by atoms with Crippen LogP contribution in [-0.4, -0.2) is 18.1 Å². The molecule has 108 valence electrons. The van der Waals surface area contributed by atoms with Crippen LogP contribution in [0.3, 0.4) is 0 Å². The minimum absolute atomic E-state index is 0.0446. The Morgan fingerprint density at radius 2 is 2.00 bits per heavy atom. The van der Waals surface area contributed by atoms with Crippen molar-refractivity contribution in [2.24, 2.45) is 0 Å². The highest BCUT2D eigenvalue weighted by Crippen LogP contribution is 2.35. The standard InChI is InChI=1S/C15H15N3O3/c16-12-5-3-6-13(15(12)18(19)20)17-8-9-21-14-7-2-1-4-11(14)10-17/h1-7H,8-10,16H2. The predicted molar refractivity (Wildman–Crippen MR) is 80.5 cm³/mol. The van der Waals surface area contributed by atoms with Gasteiger partial charge in [-0.25, -0.2) is 0 Å². The molecule has 2 aromatic rings. The van der Waals surface area contributed by atoms with E-state index in [9.17, 15) is 10.1 Å². The van der Waals surface area contributed by atoms with Crippen molar-refractivity contribution in [1.29, 1.82) is 0 Å². The number of nitrogens with zero attached hydrogens (tertiary/aromatic N) is 2. The molecule has 0 atom stereocenters. The molecular formula is C15H15N3O3. The molecule has 0 radical (unpaired) electrons. The highest BCUT2D eigenvalue weighted by atomic mass is 16.6. The average Bonchev–Trinajstić information content (AvgIpc) is 2.68. The third-order valence-corrected chi connectivity index (χ3v) is 3.52. The monoisotopic (exact) mass is 285 g/mol. The lowest BCUT2D eigenvalue weighted by Crippen LogP contribution is -2.26. The molecule has 6 heteroatoms. The van der Waals surface area contributed by atoms with E-state index < -0.39 is 4.92 Å². The Labute approximate surface area is 121 Å². The number of rotatable bonds is 2. The van der Waals surface area contributed by atoms with Crippen LogP contribution < -0.4 is 15.4 Å². The zero-order valence-electron chi connectivity index (χ0n) is 11.4. The van der Waals surface area contributed by atoms with Crippen molar-refractivity contribution < 1.29 is 9.66 Å². The Hall–Kier alpha value is -2.76. The minimum atomic E-state index is -0.428. The van der Waals surface area contributed by atoms with Crippen LogP contribution in [0.15, 0.2) is 42.5 Å². The Morgan fingerprint density at radius 1 is 1.19 bits per heavy atom. The molecule has 0 fully saturated rings. The van der Waals surface area contributed by atoms with Gasteiger partial charge in [0.05, 0.1) is 11.5 Å². The average molecular weight is 285 g/mol. The van der Waals surface area contributed by atoms with E-state index in [2.05, 4.69) is 0 Å². The zero-order valence-corrected chi connectivity index (χ0v) is 11.4. The van der Waals surface area contributed by atoms with Gasteiger partial charge in [-0.2, -0.15) is 0 Å². The van der Waals surface area contributed by atoms with Gasteiger partial charge in [-0.15, -0.1) is 0 Å². The Morgan fingerprint density at radius 3 is 2.81 bits per heavy atom. The van der Waals surface area contributed by atoms with Crippen molar-refractivity contribution in [3.8, 4) is 5.75 Å². The van der Waals surface area contributed by atoms with E-state index >= 15 is 0 Å². The van der Waals surface area contributed by atoms with Gasteiger partial charge in [0.1, 0.15) is 23.7 Å². The zero-order chi connectivity index (χ0) is 14.8. The summed E-state index contributed by atoms with van der Waals surface area (Å²) < 4.78 is 5.69. The van der Waals surface area contributed by atoms with Gasteiger partial charge >= 0.3 is 5.69 Å². The minimum Gasteiger partial charge on any atom is -0.491 e. The van der Waals surface area contributed by atoms with Crippen LogP contribution in [0.25, 0.3) is 0 Å². The van der Waals surface area contributed by atoms with E-state index in [1.54, 1.807) is 18.2 Å². The second-order valence-corrected chi connectivity index (χ2v) is 4.85. The number of nitrogens with two attached hydrogens (primary N) is 1. The number of nitro groups is 1. The largest absolute Gasteiger partial charge is 0.491 e. The van der Waals surface area contributed by atoms with Gasteiger partial charge in [0.2, 0.25) is 0 Å². The number of fused-ring (bicyclic) bond motifs is 1. The summed E-state index contributed by atoms with van der Waals surface area (Å²) in [6.45, 7) is 1.60. The number of nitro benzene ring substituents is 1. The summed E-state index contributed by atoms with van der Waals surface area (Å²) >= 11 is 0. The Kier molecular flexibility index (Phi) is 3.35. The van der Waals surface area contributed by atoms with Crippen LogP contribution in [-0.2, 0) is 6.54 Å². The van der Waals surface area contributed by atoms with Crippen molar-refractivity contribution in [2.45, 2.75) is 6.54 Å².